The van der Waals surface area contributed by atoms with Crippen LogP contribution in [0.1, 0.15) is 12.5 Å². The molecule has 3 N–H and O–H groups in total. The molecule has 0 saturated heterocycles. The Morgan fingerprint density at radius 3 is 3.05 bits per heavy atom. The third kappa shape index (κ3) is 4.82. The normalized spacial score (nSPS) is 11.8. The van der Waals surface area contributed by atoms with Gasteiger partial charge in [0.15, 0.2) is 16.7 Å². The van der Waals surface area contributed by atoms with Gasteiger partial charge in [0.05, 0.1) is 0 Å². The molecule has 0 saturated carbocycles. The van der Waals surface area contributed by atoms with Crippen molar-refractivity contribution >= 4 is 22.7 Å². The molecule has 2 aromatic rings. The van der Waals surface area contributed by atoms with Crippen molar-refractivity contribution in [3.05, 3.63) is 59.6 Å². The number of hydrogen-bond donors (Lipinski definition) is 2. The second-order valence-corrected chi connectivity index (χ2v) is 5.25. The smallest absolute Gasteiger partial charge is 0.197 e. The van der Waals surface area contributed by atoms with E-state index in [1.54, 1.807) is 36.5 Å². The van der Waals surface area contributed by atoms with Crippen LogP contribution in [0, 0.1) is 0 Å². The molecular formula is C16H17N3O2S. The minimum absolute atomic E-state index is 0.206. The van der Waals surface area contributed by atoms with Gasteiger partial charge < -0.3 is 15.6 Å². The summed E-state index contributed by atoms with van der Waals surface area (Å²) in [6.45, 7) is 2.22. The van der Waals surface area contributed by atoms with Crippen LogP contribution in [-0.2, 0) is 6.61 Å². The fraction of sp³-hybridized carbons (Fsp3) is 0.125. The number of thioether (sulfide) groups is 1. The molecule has 6 heteroatoms. The molecule has 1 aromatic heterocycles. The van der Waals surface area contributed by atoms with Crippen molar-refractivity contribution in [1.82, 2.24) is 4.98 Å². The highest BCUT2D eigenvalue weighted by Crippen LogP contribution is 2.26. The Morgan fingerprint density at radius 2 is 2.27 bits per heavy atom. The van der Waals surface area contributed by atoms with E-state index in [1.165, 1.54) is 11.8 Å². The Morgan fingerprint density at radius 1 is 1.41 bits per heavy atom. The van der Waals surface area contributed by atoms with Crippen molar-refractivity contribution in [3.8, 4) is 11.5 Å². The van der Waals surface area contributed by atoms with Crippen molar-refractivity contribution in [2.75, 3.05) is 0 Å². The number of nitrogens with two attached hydrogens (primary N) is 1. The van der Waals surface area contributed by atoms with Gasteiger partial charge in [0.2, 0.25) is 0 Å². The molecule has 0 aliphatic heterocycles. The summed E-state index contributed by atoms with van der Waals surface area (Å²) in [5, 5.41) is 11.7. The number of benzene rings is 1. The summed E-state index contributed by atoms with van der Waals surface area (Å²) < 4.78 is 5.72. The highest BCUT2D eigenvalue weighted by atomic mass is 32.2. The summed E-state index contributed by atoms with van der Waals surface area (Å²) in [5.74, 6) is 1.17. The van der Waals surface area contributed by atoms with Crippen LogP contribution >= 0.6 is 11.8 Å². The van der Waals surface area contributed by atoms with Gasteiger partial charge in [-0.3, -0.25) is 0 Å². The molecule has 0 bridgehead atoms. The van der Waals surface area contributed by atoms with E-state index in [0.717, 1.165) is 5.56 Å². The van der Waals surface area contributed by atoms with Crippen molar-refractivity contribution in [2.45, 2.75) is 13.5 Å². The van der Waals surface area contributed by atoms with Gasteiger partial charge in [0.1, 0.15) is 12.4 Å². The van der Waals surface area contributed by atoms with Crippen LogP contribution in [0.4, 0.5) is 5.82 Å². The number of phenols is 1. The lowest BCUT2D eigenvalue weighted by Gasteiger charge is -2.08. The lowest BCUT2D eigenvalue weighted by Crippen LogP contribution is -2.05. The lowest BCUT2D eigenvalue weighted by molar-refractivity contribution is 0.305. The molecule has 2 rings (SSSR count). The van der Waals surface area contributed by atoms with Crippen LogP contribution in [-0.4, -0.2) is 15.3 Å². The quantitative estimate of drug-likeness (QED) is 0.651. The van der Waals surface area contributed by atoms with Crippen molar-refractivity contribution in [1.29, 1.82) is 0 Å². The SMILES string of the molecule is C/C=C/S/C(N)=N\c1ncccc1OCc1cccc(O)c1. The second kappa shape index (κ2) is 8.09. The van der Waals surface area contributed by atoms with Crippen LogP contribution in [0.3, 0.4) is 0 Å². The predicted molar refractivity (Wildman–Crippen MR) is 90.4 cm³/mol. The number of phenolic OH excluding ortho intramolecular Hbond substituents is 1. The van der Waals surface area contributed by atoms with E-state index >= 15 is 0 Å². The summed E-state index contributed by atoms with van der Waals surface area (Å²) in [7, 11) is 0. The van der Waals surface area contributed by atoms with Gasteiger partial charge in [0, 0.05) is 6.20 Å². The Kier molecular flexibility index (Phi) is 5.85. The monoisotopic (exact) mass is 315 g/mol. The van der Waals surface area contributed by atoms with Crippen LogP contribution in [0.25, 0.3) is 0 Å². The van der Waals surface area contributed by atoms with Gasteiger partial charge in [-0.2, -0.15) is 0 Å². The first-order chi connectivity index (χ1) is 10.7. The zero-order chi connectivity index (χ0) is 15.8. The van der Waals surface area contributed by atoms with E-state index in [-0.39, 0.29) is 5.75 Å². The molecule has 0 aliphatic rings. The summed E-state index contributed by atoms with van der Waals surface area (Å²) in [4.78, 5) is 8.42. The molecule has 1 aromatic carbocycles. The van der Waals surface area contributed by atoms with Crippen LogP contribution < -0.4 is 10.5 Å². The standard InChI is InChI=1S/C16H17N3O2S/c1-2-9-22-16(17)19-15-14(7-4-8-18-15)21-11-12-5-3-6-13(20)10-12/h2-10,20H,11H2,1H3,(H2,17,18,19)/b9-2+. The van der Waals surface area contributed by atoms with Crippen molar-refractivity contribution < 1.29 is 9.84 Å². The third-order valence-electron chi connectivity index (χ3n) is 2.60. The number of aromatic nitrogens is 1. The van der Waals surface area contributed by atoms with Crippen molar-refractivity contribution in [3.63, 3.8) is 0 Å². The zero-order valence-electron chi connectivity index (χ0n) is 12.1. The average molecular weight is 315 g/mol. The summed E-state index contributed by atoms with van der Waals surface area (Å²) >= 11 is 1.31. The van der Waals surface area contributed by atoms with Crippen molar-refractivity contribution in [2.24, 2.45) is 10.7 Å². The fourth-order valence-electron chi connectivity index (χ4n) is 1.65. The summed E-state index contributed by atoms with van der Waals surface area (Å²) in [6.07, 6.45) is 3.51. The second-order valence-electron chi connectivity index (χ2n) is 4.32. The number of nitrogens with zero attached hydrogens (tertiary/aromatic N) is 2. The van der Waals surface area contributed by atoms with Crippen LogP contribution in [0.5, 0.6) is 11.5 Å². The van der Waals surface area contributed by atoms with E-state index in [4.69, 9.17) is 10.5 Å². The number of hydrogen-bond acceptors (Lipinski definition) is 5. The van der Waals surface area contributed by atoms with Crippen LogP contribution in [0.15, 0.2) is 59.1 Å². The number of aliphatic imine (C=N–C) groups is 1. The third-order valence-corrected chi connectivity index (χ3v) is 3.34. The summed E-state index contributed by atoms with van der Waals surface area (Å²) in [5.41, 5.74) is 6.68. The van der Waals surface area contributed by atoms with E-state index in [9.17, 15) is 5.11 Å². The topological polar surface area (TPSA) is 80.7 Å². The number of amidine groups is 1. The highest BCUT2D eigenvalue weighted by molar-refractivity contribution is 8.16. The Bertz CT molecular complexity index is 687. The molecule has 0 radical (unpaired) electrons. The highest BCUT2D eigenvalue weighted by Gasteiger charge is 2.05. The number of ether oxygens (including phenoxy) is 1. The Labute approximate surface area is 133 Å². The molecule has 22 heavy (non-hydrogen) atoms. The molecule has 0 unspecified atom stereocenters. The first-order valence-electron chi connectivity index (χ1n) is 6.66. The Hall–Kier alpha value is -2.47. The van der Waals surface area contributed by atoms with Gasteiger partial charge in [-0.05, 0) is 42.2 Å². The molecule has 0 aliphatic carbocycles. The first-order valence-corrected chi connectivity index (χ1v) is 7.54. The van der Waals surface area contributed by atoms with Gasteiger partial charge in [-0.1, -0.05) is 30.0 Å². The molecule has 5 nitrogen and oxygen atoms in total. The van der Waals surface area contributed by atoms with Crippen LogP contribution in [0.2, 0.25) is 0 Å². The molecule has 0 spiro atoms. The fourth-order valence-corrected chi connectivity index (χ4v) is 2.07. The molecule has 1 heterocycles. The number of allylic oxidation sites excluding steroid dienone is 1. The number of rotatable bonds is 5. The molecule has 0 amide bonds. The van der Waals surface area contributed by atoms with Gasteiger partial charge in [-0.15, -0.1) is 0 Å². The Balaban J connectivity index is 2.11. The zero-order valence-corrected chi connectivity index (χ0v) is 13.0. The maximum absolute atomic E-state index is 9.45. The minimum Gasteiger partial charge on any atom is -0.508 e. The molecule has 114 valence electrons. The average Bonchev–Trinajstić information content (AvgIpc) is 2.52. The minimum atomic E-state index is 0.206. The number of aromatic hydroxyl groups is 1. The van der Waals surface area contributed by atoms with Gasteiger partial charge in [0.25, 0.3) is 0 Å². The molecule has 0 atom stereocenters. The van der Waals surface area contributed by atoms with Gasteiger partial charge >= 0.3 is 0 Å². The first kappa shape index (κ1) is 15.9. The maximum atomic E-state index is 9.45. The predicted octanol–water partition coefficient (Wildman–Crippen LogP) is 3.58. The van der Waals surface area contributed by atoms with E-state index in [2.05, 4.69) is 9.98 Å². The number of pyridine rings is 1. The largest absolute Gasteiger partial charge is 0.508 e. The van der Waals surface area contributed by atoms with E-state index in [1.807, 2.05) is 24.5 Å². The van der Waals surface area contributed by atoms with E-state index < -0.39 is 0 Å². The molecule has 0 fully saturated rings. The maximum Gasteiger partial charge on any atom is 0.197 e. The van der Waals surface area contributed by atoms with Gasteiger partial charge in [-0.25, -0.2) is 9.98 Å². The molecular weight excluding hydrogens is 298 g/mol. The van der Waals surface area contributed by atoms with E-state index in [0.29, 0.717) is 23.3 Å². The lowest BCUT2D eigenvalue weighted by atomic mass is 10.2. The summed E-state index contributed by atoms with van der Waals surface area (Å²) in [6, 6.07) is 10.4.